The summed E-state index contributed by atoms with van der Waals surface area (Å²) in [5, 5.41) is 0. The molecule has 25 heavy (non-hydrogen) atoms. The Balaban J connectivity index is 0. The molecule has 0 aliphatic carbocycles. The fourth-order valence-corrected chi connectivity index (χ4v) is 9.22. The van der Waals surface area contributed by atoms with Gasteiger partial charge >= 0.3 is 8.56 Å². The highest BCUT2D eigenvalue weighted by atomic mass is 28.4. The molecule has 0 aromatic rings. The molecular weight excluding hydrogens is 348 g/mol. The molecule has 4 N–H and O–H groups in total. The summed E-state index contributed by atoms with van der Waals surface area (Å²) in [5.74, 6) is 0. The maximum absolute atomic E-state index is 5.91. The lowest BCUT2D eigenvalue weighted by atomic mass is 10.5. The predicted octanol–water partition coefficient (Wildman–Crippen LogP) is 4.23. The average molecular weight is 395 g/mol. The van der Waals surface area contributed by atoms with Crippen LogP contribution in [0.5, 0.6) is 0 Å². The third kappa shape index (κ3) is 12.3. The normalized spacial score (nSPS) is 12.0. The summed E-state index contributed by atoms with van der Waals surface area (Å²) in [6.07, 6.45) is 2.15. The highest BCUT2D eigenvalue weighted by Crippen LogP contribution is 2.23. The topological polar surface area (TPSA) is 79.7 Å². The van der Waals surface area contributed by atoms with E-state index in [1.54, 1.807) is 0 Å². The minimum absolute atomic E-state index is 0.731. The smallest absolute Gasteiger partial charge is 0.337 e. The number of nitrogens with two attached hydrogens (primary N) is 2. The first-order valence-corrected chi connectivity index (χ1v) is 15.1. The molecule has 0 heterocycles. The van der Waals surface area contributed by atoms with Gasteiger partial charge in [-0.25, -0.2) is 0 Å². The zero-order valence-electron chi connectivity index (χ0n) is 17.9. The van der Waals surface area contributed by atoms with Crippen molar-refractivity contribution in [2.45, 2.75) is 84.6 Å². The average Bonchev–Trinajstić information content (AvgIpc) is 2.64. The second kappa shape index (κ2) is 17.6. The van der Waals surface area contributed by atoms with Gasteiger partial charge in [0.05, 0.1) is 0 Å². The van der Waals surface area contributed by atoms with Gasteiger partial charge in [-0.1, -0.05) is 20.8 Å². The van der Waals surface area contributed by atoms with Crippen molar-refractivity contribution in [2.75, 3.05) is 32.9 Å². The molecule has 0 aromatic carbocycles. The molecule has 0 saturated heterocycles. The fraction of sp³-hybridized carbons (Fsp3) is 1.00. The van der Waals surface area contributed by atoms with E-state index in [0.717, 1.165) is 57.8 Å². The second-order valence-corrected chi connectivity index (χ2v) is 14.4. The molecule has 0 aliphatic heterocycles. The van der Waals surface area contributed by atoms with E-state index < -0.39 is 16.9 Å². The number of hydrogen-bond acceptors (Lipinski definition) is 5. The predicted molar refractivity (Wildman–Crippen MR) is 115 cm³/mol. The molecule has 5 nitrogen and oxygen atoms in total. The van der Waals surface area contributed by atoms with Crippen LogP contribution >= 0.6 is 0 Å². The van der Waals surface area contributed by atoms with Crippen LogP contribution in [0.2, 0.25) is 30.2 Å². The Labute approximate surface area is 159 Å². The first-order valence-electron chi connectivity index (χ1n) is 10.3. The van der Waals surface area contributed by atoms with Crippen LogP contribution in [0.1, 0.15) is 54.4 Å². The van der Waals surface area contributed by atoms with Gasteiger partial charge in [-0.2, -0.15) is 0 Å². The van der Waals surface area contributed by atoms with Crippen molar-refractivity contribution < 1.29 is 13.3 Å². The summed E-state index contributed by atoms with van der Waals surface area (Å²) in [5.41, 5.74) is 11.0. The highest BCUT2D eigenvalue weighted by molar-refractivity contribution is 6.73. The molecule has 0 saturated carbocycles. The first-order chi connectivity index (χ1) is 12.0. The van der Waals surface area contributed by atoms with Gasteiger partial charge in [0.15, 0.2) is 8.32 Å². The summed E-state index contributed by atoms with van der Waals surface area (Å²) in [6, 6.07) is 5.76. The minimum Gasteiger partial charge on any atom is -0.417 e. The molecule has 7 heteroatoms. The van der Waals surface area contributed by atoms with Gasteiger partial charge in [-0.15, -0.1) is 0 Å². The molecule has 154 valence electrons. The molecule has 0 atom stereocenters. The molecule has 0 aromatic heterocycles. The van der Waals surface area contributed by atoms with Crippen LogP contribution in [0.3, 0.4) is 0 Å². The van der Waals surface area contributed by atoms with Gasteiger partial charge in [-0.3, -0.25) is 0 Å². The van der Waals surface area contributed by atoms with Crippen molar-refractivity contribution in [1.82, 2.24) is 0 Å². The molecule has 0 fully saturated rings. The Bertz CT molecular complexity index is 275. The summed E-state index contributed by atoms with van der Waals surface area (Å²) in [6.45, 7) is 16.7. The lowest BCUT2D eigenvalue weighted by Gasteiger charge is -2.28. The third-order valence-electron chi connectivity index (χ3n) is 4.69. The summed E-state index contributed by atoms with van der Waals surface area (Å²) >= 11 is 0. The summed E-state index contributed by atoms with van der Waals surface area (Å²) in [4.78, 5) is 0. The van der Waals surface area contributed by atoms with Crippen molar-refractivity contribution in [3.63, 3.8) is 0 Å². The number of hydrogen-bond donors (Lipinski definition) is 2. The van der Waals surface area contributed by atoms with Crippen molar-refractivity contribution >= 4 is 16.9 Å². The van der Waals surface area contributed by atoms with Gasteiger partial charge in [0, 0.05) is 19.8 Å². The third-order valence-corrected chi connectivity index (χ3v) is 13.3. The van der Waals surface area contributed by atoms with Crippen LogP contribution in [0.25, 0.3) is 0 Å². The largest absolute Gasteiger partial charge is 0.417 e. The van der Waals surface area contributed by atoms with Gasteiger partial charge in [0.1, 0.15) is 0 Å². The van der Waals surface area contributed by atoms with Crippen LogP contribution in [-0.2, 0) is 13.3 Å². The standard InChI is InChI=1S/C9H23NO2Si.C9H23NOSi/c1-4-11-13(6-3,12-5-2)9-7-8-10;1-4-11-12(5-2,6-3)9-7-8-10/h4-10H2,1-3H3;4-10H2,1-3H3. The van der Waals surface area contributed by atoms with E-state index in [-0.39, 0.29) is 0 Å². The van der Waals surface area contributed by atoms with E-state index in [1.165, 1.54) is 18.1 Å². The maximum atomic E-state index is 5.91. The van der Waals surface area contributed by atoms with Crippen molar-refractivity contribution in [3.8, 4) is 0 Å². The SMILES string of the molecule is CCO[Si](CC)(CC)CCCN.CCO[Si](CC)(CCCN)OCC. The number of rotatable bonds is 15. The van der Waals surface area contributed by atoms with E-state index in [1.807, 2.05) is 13.8 Å². The Morgan fingerprint density at radius 1 is 0.600 bits per heavy atom. The Kier molecular flexibility index (Phi) is 19.4. The maximum Gasteiger partial charge on any atom is 0.337 e. The van der Waals surface area contributed by atoms with E-state index >= 15 is 0 Å². The Morgan fingerprint density at radius 2 is 1.04 bits per heavy atom. The van der Waals surface area contributed by atoms with E-state index in [9.17, 15) is 0 Å². The Hall–Kier alpha value is 0.234. The first kappa shape index (κ1) is 27.5. The van der Waals surface area contributed by atoms with Gasteiger partial charge < -0.3 is 24.7 Å². The molecule has 0 bridgehead atoms. The summed E-state index contributed by atoms with van der Waals surface area (Å²) < 4.78 is 17.5. The molecule has 0 radical (unpaired) electrons. The molecule has 0 spiro atoms. The monoisotopic (exact) mass is 394 g/mol. The lowest BCUT2D eigenvalue weighted by molar-refractivity contribution is 0.183. The van der Waals surface area contributed by atoms with E-state index in [0.29, 0.717) is 0 Å². The van der Waals surface area contributed by atoms with Gasteiger partial charge in [-0.05, 0) is 76.9 Å². The van der Waals surface area contributed by atoms with E-state index in [4.69, 9.17) is 24.7 Å². The van der Waals surface area contributed by atoms with Gasteiger partial charge in [0.25, 0.3) is 0 Å². The summed E-state index contributed by atoms with van der Waals surface area (Å²) in [7, 11) is -3.21. The van der Waals surface area contributed by atoms with Crippen molar-refractivity contribution in [2.24, 2.45) is 11.5 Å². The van der Waals surface area contributed by atoms with Crippen LogP contribution < -0.4 is 11.5 Å². The second-order valence-electron chi connectivity index (χ2n) is 6.24. The Morgan fingerprint density at radius 3 is 1.36 bits per heavy atom. The van der Waals surface area contributed by atoms with Crippen molar-refractivity contribution in [3.05, 3.63) is 0 Å². The highest BCUT2D eigenvalue weighted by Gasteiger charge is 2.33. The lowest BCUT2D eigenvalue weighted by Crippen LogP contribution is -2.41. The molecule has 0 aliphatic rings. The molecule has 0 rings (SSSR count). The van der Waals surface area contributed by atoms with Crippen LogP contribution in [0.4, 0.5) is 0 Å². The molecule has 0 amide bonds. The fourth-order valence-electron chi connectivity index (χ4n) is 3.07. The van der Waals surface area contributed by atoms with Crippen LogP contribution in [-0.4, -0.2) is 49.8 Å². The molecule has 0 unspecified atom stereocenters. The zero-order chi connectivity index (χ0) is 19.6. The quantitative estimate of drug-likeness (QED) is 0.406. The van der Waals surface area contributed by atoms with Crippen LogP contribution in [0.15, 0.2) is 0 Å². The van der Waals surface area contributed by atoms with E-state index in [2.05, 4.69) is 27.7 Å². The van der Waals surface area contributed by atoms with Crippen LogP contribution in [0, 0.1) is 0 Å². The minimum atomic E-state index is -1.87. The molecular formula is C18H46N2O3Si2. The van der Waals surface area contributed by atoms with Gasteiger partial charge in [0.2, 0.25) is 0 Å². The van der Waals surface area contributed by atoms with Crippen molar-refractivity contribution in [1.29, 1.82) is 0 Å². The zero-order valence-corrected chi connectivity index (χ0v) is 19.9.